The fraction of sp³-hybridized carbons (Fsp3) is 0.0714. The van der Waals surface area contributed by atoms with Crippen molar-refractivity contribution in [2.75, 3.05) is 5.32 Å². The van der Waals surface area contributed by atoms with Gasteiger partial charge in [0.1, 0.15) is 12.4 Å². The molecule has 0 aromatic heterocycles. The van der Waals surface area contributed by atoms with Crippen LogP contribution in [0.15, 0.2) is 48.5 Å². The number of nitrogens with two attached hydrogens (primary N) is 1. The van der Waals surface area contributed by atoms with Gasteiger partial charge in [0.2, 0.25) is 0 Å². The Morgan fingerprint density at radius 1 is 1.21 bits per heavy atom. The molecule has 0 saturated heterocycles. The standard InChI is InChI=1S/C14H13ClN2OS/c15-12-8-11(6-7-13(12)17-14(16)19)18-9-10-4-2-1-3-5-10/h1-8H,9H2,(H3,16,17,19). The molecule has 0 atom stereocenters. The molecule has 0 amide bonds. The highest BCUT2D eigenvalue weighted by atomic mass is 35.5. The molecule has 0 aliphatic carbocycles. The lowest BCUT2D eigenvalue weighted by molar-refractivity contribution is 0.306. The monoisotopic (exact) mass is 292 g/mol. The van der Waals surface area contributed by atoms with Crippen LogP contribution in [0.2, 0.25) is 5.02 Å². The van der Waals surface area contributed by atoms with E-state index in [1.807, 2.05) is 36.4 Å². The van der Waals surface area contributed by atoms with Crippen molar-refractivity contribution in [3.8, 4) is 5.75 Å². The van der Waals surface area contributed by atoms with Gasteiger partial charge in [0.25, 0.3) is 0 Å². The molecule has 3 N–H and O–H groups in total. The van der Waals surface area contributed by atoms with Gasteiger partial charge in [-0.3, -0.25) is 0 Å². The third-order valence-corrected chi connectivity index (χ3v) is 2.86. The second-order valence-electron chi connectivity index (χ2n) is 3.91. The maximum atomic E-state index is 6.10. The van der Waals surface area contributed by atoms with Crippen LogP contribution in [0.3, 0.4) is 0 Å². The number of hydrogen-bond donors (Lipinski definition) is 2. The topological polar surface area (TPSA) is 47.3 Å². The van der Waals surface area contributed by atoms with Crippen molar-refractivity contribution in [2.45, 2.75) is 6.61 Å². The normalized spacial score (nSPS) is 9.95. The molecule has 2 aromatic carbocycles. The van der Waals surface area contributed by atoms with Gasteiger partial charge in [0.15, 0.2) is 5.11 Å². The van der Waals surface area contributed by atoms with E-state index in [0.717, 1.165) is 5.56 Å². The molecule has 2 aromatic rings. The summed E-state index contributed by atoms with van der Waals surface area (Å²) in [6.07, 6.45) is 0. The molecule has 5 heteroatoms. The van der Waals surface area contributed by atoms with Crippen LogP contribution in [0.5, 0.6) is 5.75 Å². The predicted molar refractivity (Wildman–Crippen MR) is 82.6 cm³/mol. The first-order chi connectivity index (χ1) is 9.15. The highest BCUT2D eigenvalue weighted by Crippen LogP contribution is 2.27. The number of rotatable bonds is 4. The van der Waals surface area contributed by atoms with E-state index in [0.29, 0.717) is 23.1 Å². The van der Waals surface area contributed by atoms with Crippen molar-refractivity contribution in [1.82, 2.24) is 0 Å². The summed E-state index contributed by atoms with van der Waals surface area (Å²) in [6, 6.07) is 15.2. The van der Waals surface area contributed by atoms with E-state index in [1.54, 1.807) is 12.1 Å². The molecule has 0 bridgehead atoms. The Morgan fingerprint density at radius 2 is 1.95 bits per heavy atom. The zero-order valence-electron chi connectivity index (χ0n) is 10.1. The lowest BCUT2D eigenvalue weighted by atomic mass is 10.2. The van der Waals surface area contributed by atoms with Crippen molar-refractivity contribution >= 4 is 34.6 Å². The number of halogens is 1. The third-order valence-electron chi connectivity index (χ3n) is 2.45. The van der Waals surface area contributed by atoms with E-state index in [1.165, 1.54) is 0 Å². The molecule has 0 heterocycles. The lowest BCUT2D eigenvalue weighted by Gasteiger charge is -2.10. The molecule has 0 saturated carbocycles. The Bertz CT molecular complexity index is 575. The molecule has 0 fully saturated rings. The quantitative estimate of drug-likeness (QED) is 0.846. The zero-order chi connectivity index (χ0) is 13.7. The average Bonchev–Trinajstić information content (AvgIpc) is 2.40. The van der Waals surface area contributed by atoms with Crippen LogP contribution in [0.1, 0.15) is 5.56 Å². The Hall–Kier alpha value is -1.78. The smallest absolute Gasteiger partial charge is 0.168 e. The van der Waals surface area contributed by atoms with Crippen molar-refractivity contribution in [3.05, 3.63) is 59.1 Å². The van der Waals surface area contributed by atoms with E-state index in [9.17, 15) is 0 Å². The summed E-state index contributed by atoms with van der Waals surface area (Å²) in [6.45, 7) is 0.499. The van der Waals surface area contributed by atoms with Crippen molar-refractivity contribution in [1.29, 1.82) is 0 Å². The molecule has 3 nitrogen and oxygen atoms in total. The van der Waals surface area contributed by atoms with Gasteiger partial charge < -0.3 is 15.8 Å². The van der Waals surface area contributed by atoms with Crippen LogP contribution >= 0.6 is 23.8 Å². The minimum atomic E-state index is 0.180. The highest BCUT2D eigenvalue weighted by molar-refractivity contribution is 7.80. The van der Waals surface area contributed by atoms with Gasteiger partial charge in [-0.05, 0) is 29.9 Å². The van der Waals surface area contributed by atoms with E-state index in [-0.39, 0.29) is 5.11 Å². The fourth-order valence-corrected chi connectivity index (χ4v) is 1.89. The first-order valence-corrected chi connectivity index (χ1v) is 6.46. The molecule has 0 radical (unpaired) electrons. The number of ether oxygens (including phenoxy) is 1. The number of hydrogen-bond acceptors (Lipinski definition) is 2. The number of anilines is 1. The van der Waals surface area contributed by atoms with Gasteiger partial charge in [0.05, 0.1) is 10.7 Å². The maximum Gasteiger partial charge on any atom is 0.168 e. The summed E-state index contributed by atoms with van der Waals surface area (Å²) in [5.41, 5.74) is 7.17. The predicted octanol–water partition coefficient (Wildman–Crippen LogP) is 3.57. The lowest BCUT2D eigenvalue weighted by Crippen LogP contribution is -2.19. The summed E-state index contributed by atoms with van der Waals surface area (Å²) in [5.74, 6) is 0.697. The molecule has 0 unspecified atom stereocenters. The van der Waals surface area contributed by atoms with Gasteiger partial charge >= 0.3 is 0 Å². The van der Waals surface area contributed by atoms with Crippen LogP contribution in [0, 0.1) is 0 Å². The summed E-state index contributed by atoms with van der Waals surface area (Å²) in [5, 5.41) is 3.49. The van der Waals surface area contributed by atoms with Crippen molar-refractivity contribution < 1.29 is 4.74 Å². The molecule has 98 valence electrons. The molecule has 0 spiro atoms. The largest absolute Gasteiger partial charge is 0.489 e. The van der Waals surface area contributed by atoms with Crippen molar-refractivity contribution in [2.24, 2.45) is 5.73 Å². The zero-order valence-corrected chi connectivity index (χ0v) is 11.7. The minimum Gasteiger partial charge on any atom is -0.489 e. The highest BCUT2D eigenvalue weighted by Gasteiger charge is 2.03. The van der Waals surface area contributed by atoms with E-state index in [4.69, 9.17) is 34.3 Å². The van der Waals surface area contributed by atoms with Gasteiger partial charge in [-0.1, -0.05) is 41.9 Å². The number of benzene rings is 2. The summed E-state index contributed by atoms with van der Waals surface area (Å²) in [7, 11) is 0. The molecule has 2 rings (SSSR count). The van der Waals surface area contributed by atoms with Crippen LogP contribution in [-0.2, 0) is 6.61 Å². The fourth-order valence-electron chi connectivity index (χ4n) is 1.56. The molecular formula is C14H13ClN2OS. The van der Waals surface area contributed by atoms with Gasteiger partial charge in [-0.25, -0.2) is 0 Å². The molecule has 0 aliphatic rings. The summed E-state index contributed by atoms with van der Waals surface area (Å²) in [4.78, 5) is 0. The van der Waals surface area contributed by atoms with Gasteiger partial charge in [-0.15, -0.1) is 0 Å². The van der Waals surface area contributed by atoms with Crippen molar-refractivity contribution in [3.63, 3.8) is 0 Å². The molecular weight excluding hydrogens is 280 g/mol. The summed E-state index contributed by atoms with van der Waals surface area (Å²) < 4.78 is 5.66. The Labute approximate surface area is 122 Å². The van der Waals surface area contributed by atoms with E-state index >= 15 is 0 Å². The Kier molecular flexibility index (Phi) is 4.60. The molecule has 19 heavy (non-hydrogen) atoms. The minimum absolute atomic E-state index is 0.180. The summed E-state index contributed by atoms with van der Waals surface area (Å²) >= 11 is 10.9. The van der Waals surface area contributed by atoms with E-state index < -0.39 is 0 Å². The van der Waals surface area contributed by atoms with Crippen LogP contribution in [-0.4, -0.2) is 5.11 Å². The third kappa shape index (κ3) is 4.12. The van der Waals surface area contributed by atoms with Gasteiger partial charge in [-0.2, -0.15) is 0 Å². The van der Waals surface area contributed by atoms with Crippen LogP contribution < -0.4 is 15.8 Å². The van der Waals surface area contributed by atoms with Crippen LogP contribution in [0.4, 0.5) is 5.69 Å². The first-order valence-electron chi connectivity index (χ1n) is 5.68. The first kappa shape index (κ1) is 13.6. The average molecular weight is 293 g/mol. The van der Waals surface area contributed by atoms with Crippen LogP contribution in [0.25, 0.3) is 0 Å². The number of nitrogens with one attached hydrogen (secondary N) is 1. The molecule has 0 aliphatic heterocycles. The second-order valence-corrected chi connectivity index (χ2v) is 4.75. The van der Waals surface area contributed by atoms with Gasteiger partial charge in [0, 0.05) is 6.07 Å². The Balaban J connectivity index is 2.02. The van der Waals surface area contributed by atoms with E-state index in [2.05, 4.69) is 5.32 Å². The maximum absolute atomic E-state index is 6.10. The number of thiocarbonyl (C=S) groups is 1. The SMILES string of the molecule is NC(=S)Nc1ccc(OCc2ccccc2)cc1Cl. The Morgan fingerprint density at radius 3 is 2.58 bits per heavy atom. The second kappa shape index (κ2) is 6.41.